The summed E-state index contributed by atoms with van der Waals surface area (Å²) in [6, 6.07) is 22.1. The summed E-state index contributed by atoms with van der Waals surface area (Å²) in [7, 11) is 3.04. The number of hydrogen-bond donors (Lipinski definition) is 6. The number of hydrogen-bond acceptors (Lipinski definition) is 10. The Morgan fingerprint density at radius 3 is 1.40 bits per heavy atom. The van der Waals surface area contributed by atoms with Crippen molar-refractivity contribution in [1.82, 2.24) is 15.0 Å². The van der Waals surface area contributed by atoms with Gasteiger partial charge in [0.05, 0.1) is 30.9 Å². The van der Waals surface area contributed by atoms with Gasteiger partial charge in [0.1, 0.15) is 17.5 Å². The van der Waals surface area contributed by atoms with Crippen molar-refractivity contribution in [3.8, 4) is 11.8 Å². The normalized spacial score (nSPS) is 9.44. The molecule has 19 heteroatoms. The van der Waals surface area contributed by atoms with E-state index in [9.17, 15) is 32.3 Å². The minimum Gasteiger partial charge on any atom is -0.481 e. The number of nitrogen functional groups attached to an aromatic ring is 1. The number of anilines is 3. The first kappa shape index (κ1) is 52.5. The first-order chi connectivity index (χ1) is 28.8. The van der Waals surface area contributed by atoms with Crippen molar-refractivity contribution in [2.75, 3.05) is 30.6 Å². The zero-order chi connectivity index (χ0) is 45.6. The molecule has 3 aromatic carbocycles. The number of ether oxygens (including phenoxy) is 2. The molecule has 0 radical (unpaired) electrons. The number of nitrogens with zero attached hydrogens (tertiary/aromatic N) is 2. The van der Waals surface area contributed by atoms with E-state index in [1.165, 1.54) is 68.0 Å². The molecule has 15 nitrogen and oxygen atoms in total. The van der Waals surface area contributed by atoms with Crippen molar-refractivity contribution >= 4 is 57.8 Å². The lowest BCUT2D eigenvalue weighted by Crippen LogP contribution is -2.15. The zero-order valence-electron chi connectivity index (χ0n) is 34.2. The Labute approximate surface area is 364 Å². The Bertz CT molecular complexity index is 2500. The van der Waals surface area contributed by atoms with E-state index in [1.54, 1.807) is 76.5 Å². The number of aromatic nitrogens is 3. The van der Waals surface area contributed by atoms with Crippen LogP contribution in [0.4, 0.5) is 30.2 Å². The van der Waals surface area contributed by atoms with Crippen LogP contribution in [-0.2, 0) is 4.79 Å². The molecule has 0 aliphatic rings. The Balaban J connectivity index is 0.000000414. The van der Waals surface area contributed by atoms with E-state index >= 15 is 0 Å². The standard InChI is InChI=1S/C14H13FN2O2.C13H11FN2O2.C8H7FO2.C6H8N2O.C2H4O2.BrH/c1-9-3-4-11(12(15)7-9)14(18)17-10-5-6-16-13(8-10)19-2;1-8-2-3-10(11(14)6-8)13(18)16-9-4-5-15-12(17)7-9;1-5-2-3-6(8(10)11)7(9)4-5;1-9-6-4-5(7)2-3-8-6;1-2(3)4;/h3-8H,1-2H3,(H,16,17,18);2-7H,1H3,(H2,15,16,17,18);2-4H,1H3,(H,10,11);2-4H,1H3,(H2,7,8);1H3,(H,3,4);1H. The summed E-state index contributed by atoms with van der Waals surface area (Å²) < 4.78 is 49.7. The second-order valence-electron chi connectivity index (χ2n) is 12.3. The number of benzene rings is 3. The Morgan fingerprint density at radius 2 is 1.03 bits per heavy atom. The lowest BCUT2D eigenvalue weighted by atomic mass is 10.1. The van der Waals surface area contributed by atoms with Gasteiger partial charge in [-0.3, -0.25) is 19.2 Å². The van der Waals surface area contributed by atoms with Crippen LogP contribution in [0.25, 0.3) is 0 Å². The number of amides is 2. The highest BCUT2D eigenvalue weighted by Crippen LogP contribution is 2.17. The second-order valence-corrected chi connectivity index (χ2v) is 12.3. The van der Waals surface area contributed by atoms with Crippen LogP contribution in [0, 0.1) is 38.2 Å². The van der Waals surface area contributed by atoms with Crippen LogP contribution in [0.1, 0.15) is 54.7 Å². The lowest BCUT2D eigenvalue weighted by molar-refractivity contribution is -0.134. The minimum absolute atomic E-state index is 0. The van der Waals surface area contributed by atoms with E-state index in [1.807, 2.05) is 0 Å². The number of methoxy groups -OCH3 is 2. The smallest absolute Gasteiger partial charge is 0.338 e. The molecule has 0 bridgehead atoms. The maximum absolute atomic E-state index is 13.7. The van der Waals surface area contributed by atoms with E-state index < -0.39 is 41.2 Å². The number of carbonyl (C=O) groups is 4. The molecule has 2 amide bonds. The van der Waals surface area contributed by atoms with Gasteiger partial charge < -0.3 is 41.0 Å². The third kappa shape index (κ3) is 19.0. The summed E-state index contributed by atoms with van der Waals surface area (Å²) >= 11 is 0. The van der Waals surface area contributed by atoms with Gasteiger partial charge in [-0.25, -0.2) is 27.9 Å². The number of aromatic amines is 1. The summed E-state index contributed by atoms with van der Waals surface area (Å²) in [4.78, 5) is 64.3. The van der Waals surface area contributed by atoms with Crippen LogP contribution >= 0.6 is 17.0 Å². The number of aromatic carboxylic acids is 1. The number of H-pyrrole nitrogens is 1. The molecule has 0 spiro atoms. The first-order valence-electron chi connectivity index (χ1n) is 17.6. The highest BCUT2D eigenvalue weighted by molar-refractivity contribution is 8.93. The Morgan fingerprint density at radius 1 is 0.629 bits per heavy atom. The highest BCUT2D eigenvalue weighted by Gasteiger charge is 2.13. The van der Waals surface area contributed by atoms with Gasteiger partial charge in [-0.15, -0.1) is 17.0 Å². The quantitative estimate of drug-likeness (QED) is 0.0893. The number of carboxylic acids is 2. The van der Waals surface area contributed by atoms with E-state index in [2.05, 4.69) is 25.6 Å². The summed E-state index contributed by atoms with van der Waals surface area (Å²) in [5.41, 5.74) is 8.45. The predicted molar refractivity (Wildman–Crippen MR) is 233 cm³/mol. The fourth-order valence-corrected chi connectivity index (χ4v) is 4.46. The molecule has 3 aromatic heterocycles. The molecule has 0 unspecified atom stereocenters. The summed E-state index contributed by atoms with van der Waals surface area (Å²) in [6.45, 7) is 6.29. The highest BCUT2D eigenvalue weighted by atomic mass is 79.9. The zero-order valence-corrected chi connectivity index (χ0v) is 35.9. The van der Waals surface area contributed by atoms with Crippen molar-refractivity contribution in [3.05, 3.63) is 171 Å². The molecule has 0 saturated carbocycles. The Kier molecular flexibility index (Phi) is 22.5. The Hall–Kier alpha value is -7.54. The number of aliphatic carboxylic acids is 1. The minimum atomic E-state index is -1.23. The van der Waals surface area contributed by atoms with Gasteiger partial charge in [0.15, 0.2) is 0 Å². The monoisotopic (exact) mass is 924 g/mol. The maximum atomic E-state index is 13.7. The third-order valence-corrected chi connectivity index (χ3v) is 7.30. The topological polar surface area (TPSA) is 236 Å². The summed E-state index contributed by atoms with van der Waals surface area (Å²) in [5.74, 6) is -4.04. The van der Waals surface area contributed by atoms with E-state index in [4.69, 9.17) is 30.2 Å². The fourth-order valence-electron chi connectivity index (χ4n) is 4.46. The van der Waals surface area contributed by atoms with Gasteiger partial charge in [-0.2, -0.15) is 0 Å². The predicted octanol–water partition coefficient (Wildman–Crippen LogP) is 8.04. The van der Waals surface area contributed by atoms with Gasteiger partial charge in [0.2, 0.25) is 17.3 Å². The van der Waals surface area contributed by atoms with Gasteiger partial charge in [-0.1, -0.05) is 18.2 Å². The largest absolute Gasteiger partial charge is 0.481 e. The van der Waals surface area contributed by atoms with Gasteiger partial charge >= 0.3 is 5.97 Å². The molecule has 0 fully saturated rings. The molecule has 7 N–H and O–H groups in total. The number of nitrogens with two attached hydrogens (primary N) is 1. The van der Waals surface area contributed by atoms with Crippen LogP contribution in [-0.4, -0.2) is 63.1 Å². The van der Waals surface area contributed by atoms with E-state index in [-0.39, 0.29) is 39.2 Å². The molecular formula is C43H44BrF3N6O9. The van der Waals surface area contributed by atoms with Crippen LogP contribution in [0.5, 0.6) is 11.8 Å². The van der Waals surface area contributed by atoms with E-state index in [0.717, 1.165) is 18.1 Å². The fraction of sp³-hybridized carbons (Fsp3) is 0.140. The molecular weight excluding hydrogens is 881 g/mol. The second kappa shape index (κ2) is 26.5. The molecule has 0 aliphatic carbocycles. The molecule has 6 aromatic rings. The van der Waals surface area contributed by atoms with Crippen molar-refractivity contribution in [3.63, 3.8) is 0 Å². The number of aryl methyl sites for hydroxylation is 3. The van der Waals surface area contributed by atoms with Crippen LogP contribution < -0.4 is 31.4 Å². The van der Waals surface area contributed by atoms with Crippen LogP contribution in [0.3, 0.4) is 0 Å². The average molecular weight is 926 g/mol. The molecule has 0 aliphatic heterocycles. The molecule has 62 heavy (non-hydrogen) atoms. The summed E-state index contributed by atoms with van der Waals surface area (Å²) in [5, 5.41) is 20.9. The summed E-state index contributed by atoms with van der Waals surface area (Å²) in [6.07, 6.45) is 4.51. The SMILES string of the molecule is Br.CC(=O)O.COc1cc(N)ccn1.COc1cc(NC(=O)c2ccc(C)cc2F)ccn1.Cc1ccc(C(=O)Nc2cc[nH]c(=O)c2)c(F)c1.Cc1ccc(C(=O)O)c(F)c1. The molecule has 0 saturated heterocycles. The number of carbonyl (C=O) groups excluding carboxylic acids is 2. The average Bonchev–Trinajstić information content (AvgIpc) is 3.18. The molecule has 3 heterocycles. The number of carboxylic acid groups (broad SMARTS) is 2. The molecule has 328 valence electrons. The number of halogens is 4. The van der Waals surface area contributed by atoms with Crippen molar-refractivity contribution in [1.29, 1.82) is 0 Å². The molecule has 6 rings (SSSR count). The lowest BCUT2D eigenvalue weighted by Gasteiger charge is -2.07. The van der Waals surface area contributed by atoms with Crippen molar-refractivity contribution < 1.29 is 52.0 Å². The number of pyridine rings is 3. The van der Waals surface area contributed by atoms with E-state index in [0.29, 0.717) is 34.4 Å². The van der Waals surface area contributed by atoms with Gasteiger partial charge in [0, 0.05) is 60.8 Å². The maximum Gasteiger partial charge on any atom is 0.338 e. The van der Waals surface area contributed by atoms with Crippen LogP contribution in [0.2, 0.25) is 0 Å². The van der Waals surface area contributed by atoms with Gasteiger partial charge in [0.25, 0.3) is 17.8 Å². The number of nitrogens with one attached hydrogen (secondary N) is 3. The molecule has 0 atom stereocenters. The van der Waals surface area contributed by atoms with Gasteiger partial charge in [-0.05, 0) is 92.1 Å². The van der Waals surface area contributed by atoms with Crippen molar-refractivity contribution in [2.24, 2.45) is 0 Å². The van der Waals surface area contributed by atoms with Crippen LogP contribution in [0.15, 0.2) is 114 Å². The van der Waals surface area contributed by atoms with Crippen molar-refractivity contribution in [2.45, 2.75) is 27.7 Å². The third-order valence-electron chi connectivity index (χ3n) is 7.30. The number of rotatable bonds is 7. The first-order valence-corrected chi connectivity index (χ1v) is 17.6.